The molecule has 3 aromatic rings. The zero-order chi connectivity index (χ0) is 14.8. The molecule has 1 fully saturated rings. The van der Waals surface area contributed by atoms with Gasteiger partial charge in [-0.3, -0.25) is 0 Å². The molecular formula is C16H16N2O4. The van der Waals surface area contributed by atoms with Crippen LogP contribution in [0.4, 0.5) is 0 Å². The average Bonchev–Trinajstić information content (AvgIpc) is 3.27. The number of hydrogen-bond acceptors (Lipinski definition) is 6. The number of hydrogen-bond donors (Lipinski definition) is 0. The van der Waals surface area contributed by atoms with Gasteiger partial charge in [0.1, 0.15) is 12.2 Å². The molecule has 114 valence electrons. The van der Waals surface area contributed by atoms with Gasteiger partial charge >= 0.3 is 0 Å². The molecule has 1 atom stereocenters. The van der Waals surface area contributed by atoms with Gasteiger partial charge in [0.25, 0.3) is 5.89 Å². The molecule has 1 aliphatic rings. The Morgan fingerprint density at radius 2 is 2.23 bits per heavy atom. The van der Waals surface area contributed by atoms with Crippen molar-refractivity contribution in [3.05, 3.63) is 36.2 Å². The summed E-state index contributed by atoms with van der Waals surface area (Å²) in [4.78, 5) is 4.30. The number of fused-ring (bicyclic) bond motifs is 1. The zero-order valence-corrected chi connectivity index (χ0v) is 12.0. The third-order valence-corrected chi connectivity index (χ3v) is 3.67. The van der Waals surface area contributed by atoms with Gasteiger partial charge in [0.05, 0.1) is 12.7 Å². The number of aromatic nitrogens is 2. The number of benzene rings is 1. The molecule has 1 aliphatic heterocycles. The van der Waals surface area contributed by atoms with E-state index in [1.54, 1.807) is 0 Å². The molecule has 6 heteroatoms. The Bertz CT molecular complexity index is 725. The fourth-order valence-corrected chi connectivity index (χ4v) is 2.56. The lowest BCUT2D eigenvalue weighted by atomic mass is 10.2. The van der Waals surface area contributed by atoms with Gasteiger partial charge in [0.2, 0.25) is 5.82 Å². The predicted octanol–water partition coefficient (Wildman–Crippen LogP) is 3.18. The maximum Gasteiger partial charge on any atom is 0.253 e. The molecule has 6 nitrogen and oxygen atoms in total. The molecule has 0 radical (unpaired) electrons. The number of nitrogens with zero attached hydrogens (tertiary/aromatic N) is 2. The van der Waals surface area contributed by atoms with Crippen LogP contribution in [-0.4, -0.2) is 29.5 Å². The van der Waals surface area contributed by atoms with Crippen LogP contribution in [0.1, 0.15) is 18.7 Å². The lowest BCUT2D eigenvalue weighted by Gasteiger charge is -2.07. The molecule has 1 aromatic carbocycles. The first-order chi connectivity index (χ1) is 10.9. The van der Waals surface area contributed by atoms with Crippen LogP contribution in [0.15, 0.2) is 39.3 Å². The Kier molecular flexibility index (Phi) is 3.62. The lowest BCUT2D eigenvalue weighted by molar-refractivity contribution is 0.00325. The van der Waals surface area contributed by atoms with E-state index in [2.05, 4.69) is 10.1 Å². The first-order valence-electron chi connectivity index (χ1n) is 7.39. The van der Waals surface area contributed by atoms with Crippen LogP contribution >= 0.6 is 0 Å². The SMILES string of the molecule is c1ccc2oc(-c3noc(COC[C@@H]4CCCO4)n3)cc2c1. The van der Waals surface area contributed by atoms with Gasteiger partial charge in [-0.1, -0.05) is 23.4 Å². The van der Waals surface area contributed by atoms with E-state index in [4.69, 9.17) is 18.4 Å². The zero-order valence-electron chi connectivity index (χ0n) is 12.0. The Balaban J connectivity index is 1.42. The second-order valence-electron chi connectivity index (χ2n) is 5.31. The number of para-hydroxylation sites is 1. The Labute approximate surface area is 127 Å². The molecule has 2 aromatic heterocycles. The van der Waals surface area contributed by atoms with Crippen molar-refractivity contribution in [2.24, 2.45) is 0 Å². The predicted molar refractivity (Wildman–Crippen MR) is 78.1 cm³/mol. The van der Waals surface area contributed by atoms with Crippen molar-refractivity contribution in [1.82, 2.24) is 10.1 Å². The summed E-state index contributed by atoms with van der Waals surface area (Å²) in [6, 6.07) is 9.67. The quantitative estimate of drug-likeness (QED) is 0.720. The fourth-order valence-electron chi connectivity index (χ4n) is 2.56. The second kappa shape index (κ2) is 5.90. The van der Waals surface area contributed by atoms with E-state index in [1.807, 2.05) is 30.3 Å². The van der Waals surface area contributed by atoms with Crippen molar-refractivity contribution in [3.63, 3.8) is 0 Å². The third-order valence-electron chi connectivity index (χ3n) is 3.67. The minimum Gasteiger partial charge on any atom is -0.453 e. The molecule has 0 bridgehead atoms. The molecule has 0 spiro atoms. The summed E-state index contributed by atoms with van der Waals surface area (Å²) in [6.07, 6.45) is 2.34. The highest BCUT2D eigenvalue weighted by Crippen LogP contribution is 2.25. The number of furan rings is 1. The highest BCUT2D eigenvalue weighted by atomic mass is 16.5. The van der Waals surface area contributed by atoms with Crippen LogP contribution < -0.4 is 0 Å². The van der Waals surface area contributed by atoms with Crippen LogP contribution in [0.3, 0.4) is 0 Å². The van der Waals surface area contributed by atoms with E-state index in [0.717, 1.165) is 30.4 Å². The van der Waals surface area contributed by atoms with E-state index in [0.29, 0.717) is 24.1 Å². The molecule has 0 N–H and O–H groups in total. The topological polar surface area (TPSA) is 70.5 Å². The summed E-state index contributed by atoms with van der Waals surface area (Å²) in [6.45, 7) is 1.67. The molecule has 0 aliphatic carbocycles. The molecule has 0 saturated carbocycles. The largest absolute Gasteiger partial charge is 0.453 e. The molecule has 0 amide bonds. The second-order valence-corrected chi connectivity index (χ2v) is 5.31. The Morgan fingerprint density at radius 3 is 3.09 bits per heavy atom. The van der Waals surface area contributed by atoms with E-state index < -0.39 is 0 Å². The molecule has 1 saturated heterocycles. The highest BCUT2D eigenvalue weighted by Gasteiger charge is 2.17. The first kappa shape index (κ1) is 13.5. The normalized spacial score (nSPS) is 18.3. The smallest absolute Gasteiger partial charge is 0.253 e. The third kappa shape index (κ3) is 2.75. The van der Waals surface area contributed by atoms with Gasteiger partial charge in [-0.25, -0.2) is 0 Å². The lowest BCUT2D eigenvalue weighted by Crippen LogP contribution is -2.13. The minimum absolute atomic E-state index is 0.192. The molecule has 3 heterocycles. The minimum atomic E-state index is 0.192. The van der Waals surface area contributed by atoms with Crippen molar-refractivity contribution >= 4 is 11.0 Å². The highest BCUT2D eigenvalue weighted by molar-refractivity contribution is 5.81. The van der Waals surface area contributed by atoms with Gasteiger partial charge in [0.15, 0.2) is 5.76 Å². The van der Waals surface area contributed by atoms with Crippen molar-refractivity contribution < 1.29 is 18.4 Å². The van der Waals surface area contributed by atoms with Crippen molar-refractivity contribution in [3.8, 4) is 11.6 Å². The first-order valence-corrected chi connectivity index (χ1v) is 7.39. The van der Waals surface area contributed by atoms with Crippen LogP contribution in [0, 0.1) is 0 Å². The van der Waals surface area contributed by atoms with E-state index in [9.17, 15) is 0 Å². The number of ether oxygens (including phenoxy) is 2. The summed E-state index contributed by atoms with van der Waals surface area (Å²) >= 11 is 0. The molecular weight excluding hydrogens is 284 g/mol. The van der Waals surface area contributed by atoms with Gasteiger partial charge in [-0.2, -0.15) is 4.98 Å². The van der Waals surface area contributed by atoms with Crippen molar-refractivity contribution in [1.29, 1.82) is 0 Å². The molecule has 0 unspecified atom stereocenters. The standard InChI is InChI=1S/C16H16N2O4/c1-2-6-13-11(4-1)8-14(21-13)16-17-15(22-18-16)10-19-9-12-5-3-7-20-12/h1-2,4,6,8,12H,3,5,7,9-10H2/t12-/m0/s1. The van der Waals surface area contributed by atoms with Gasteiger partial charge in [-0.15, -0.1) is 0 Å². The summed E-state index contributed by atoms with van der Waals surface area (Å²) in [5.74, 6) is 1.47. The maximum atomic E-state index is 5.71. The molecule has 4 rings (SSSR count). The average molecular weight is 300 g/mol. The van der Waals surface area contributed by atoms with Gasteiger partial charge in [0, 0.05) is 12.0 Å². The summed E-state index contributed by atoms with van der Waals surface area (Å²) in [5.41, 5.74) is 0.804. The van der Waals surface area contributed by atoms with E-state index in [1.165, 1.54) is 0 Å². The van der Waals surface area contributed by atoms with Crippen LogP contribution in [0.2, 0.25) is 0 Å². The summed E-state index contributed by atoms with van der Waals surface area (Å²) < 4.78 is 22.0. The number of rotatable bonds is 5. The Hall–Kier alpha value is -2.18. The maximum absolute atomic E-state index is 5.71. The van der Waals surface area contributed by atoms with Crippen molar-refractivity contribution in [2.75, 3.05) is 13.2 Å². The summed E-state index contributed by atoms with van der Waals surface area (Å²) in [7, 11) is 0. The van der Waals surface area contributed by atoms with E-state index >= 15 is 0 Å². The Morgan fingerprint density at radius 1 is 1.27 bits per heavy atom. The van der Waals surface area contributed by atoms with Gasteiger partial charge in [-0.05, 0) is 25.0 Å². The monoisotopic (exact) mass is 300 g/mol. The van der Waals surface area contributed by atoms with Gasteiger partial charge < -0.3 is 18.4 Å². The van der Waals surface area contributed by atoms with Crippen LogP contribution in [0.25, 0.3) is 22.6 Å². The summed E-state index contributed by atoms with van der Waals surface area (Å²) in [5, 5.41) is 4.95. The van der Waals surface area contributed by atoms with Crippen LogP contribution in [-0.2, 0) is 16.1 Å². The molecule has 22 heavy (non-hydrogen) atoms. The fraction of sp³-hybridized carbons (Fsp3) is 0.375. The van der Waals surface area contributed by atoms with E-state index in [-0.39, 0.29) is 12.7 Å². The van der Waals surface area contributed by atoms with Crippen LogP contribution in [0.5, 0.6) is 0 Å². The van der Waals surface area contributed by atoms with Crippen molar-refractivity contribution in [2.45, 2.75) is 25.6 Å².